The summed E-state index contributed by atoms with van der Waals surface area (Å²) in [6.45, 7) is 19.2. The highest BCUT2D eigenvalue weighted by Crippen LogP contribution is 2.40. The summed E-state index contributed by atoms with van der Waals surface area (Å²) in [6, 6.07) is 8.89. The number of likely N-dealkylation sites (tertiary alicyclic amines) is 1. The first kappa shape index (κ1) is 29.5. The van der Waals surface area contributed by atoms with Gasteiger partial charge in [-0.2, -0.15) is 0 Å². The van der Waals surface area contributed by atoms with Crippen molar-refractivity contribution in [2.24, 2.45) is 0 Å². The highest BCUT2D eigenvalue weighted by Gasteiger charge is 2.34. The zero-order valence-corrected chi connectivity index (χ0v) is 25.9. The van der Waals surface area contributed by atoms with E-state index in [-0.39, 0.29) is 18.5 Å². The Morgan fingerprint density at radius 2 is 1.66 bits per heavy atom. The van der Waals surface area contributed by atoms with E-state index < -0.39 is 5.41 Å². The van der Waals surface area contributed by atoms with Gasteiger partial charge in [-0.25, -0.2) is 0 Å². The molecule has 2 aromatic heterocycles. The number of hydrogen-bond donors (Lipinski definition) is 1. The Labute approximate surface area is 248 Å². The van der Waals surface area contributed by atoms with E-state index in [4.69, 9.17) is 4.74 Å². The van der Waals surface area contributed by atoms with Crippen molar-refractivity contribution in [3.05, 3.63) is 58.5 Å². The summed E-state index contributed by atoms with van der Waals surface area (Å²) in [5.74, 6) is 0.0479. The third kappa shape index (κ3) is 6.60. The van der Waals surface area contributed by atoms with Crippen LogP contribution >= 0.6 is 11.3 Å². The average Bonchev–Trinajstić information content (AvgIpc) is 3.68. The van der Waals surface area contributed by atoms with E-state index in [1.165, 1.54) is 33.3 Å². The van der Waals surface area contributed by atoms with Crippen molar-refractivity contribution in [3.63, 3.8) is 0 Å². The summed E-state index contributed by atoms with van der Waals surface area (Å²) in [7, 11) is 0. The second kappa shape index (κ2) is 12.5. The number of thiophene rings is 1. The van der Waals surface area contributed by atoms with Crippen molar-refractivity contribution >= 4 is 33.4 Å². The van der Waals surface area contributed by atoms with Crippen LogP contribution < -0.4 is 0 Å². The molecule has 0 unspecified atom stereocenters. The van der Waals surface area contributed by atoms with Crippen LogP contribution in [0.3, 0.4) is 0 Å². The largest absolute Gasteiger partial charge is 0.461 e. The second-order valence-corrected chi connectivity index (χ2v) is 13.2. The van der Waals surface area contributed by atoms with E-state index in [2.05, 4.69) is 59.5 Å². The summed E-state index contributed by atoms with van der Waals surface area (Å²) < 4.78 is 5.43. The molecule has 1 amide bonds. The topological polar surface area (TPSA) is 68.9 Å². The second-order valence-electron chi connectivity index (χ2n) is 12.2. The lowest BCUT2D eigenvalue weighted by Gasteiger charge is -2.35. The van der Waals surface area contributed by atoms with Gasteiger partial charge in [0.1, 0.15) is 11.4 Å². The Morgan fingerprint density at radius 1 is 1.00 bits per heavy atom. The third-order valence-electron chi connectivity index (χ3n) is 8.53. The van der Waals surface area contributed by atoms with E-state index in [1.807, 2.05) is 18.7 Å². The summed E-state index contributed by atoms with van der Waals surface area (Å²) in [5.41, 5.74) is 5.43. The highest BCUT2D eigenvalue weighted by atomic mass is 32.1. The Bertz CT molecular complexity index is 1390. The van der Waals surface area contributed by atoms with E-state index in [0.717, 1.165) is 74.8 Å². The van der Waals surface area contributed by atoms with Crippen LogP contribution in [0, 0.1) is 13.8 Å². The van der Waals surface area contributed by atoms with E-state index in [1.54, 1.807) is 17.4 Å². The molecular weight excluding hydrogens is 532 g/mol. The molecule has 2 aliphatic heterocycles. The normalized spacial score (nSPS) is 16.9. The summed E-state index contributed by atoms with van der Waals surface area (Å²) >= 11 is 1.64. The molecule has 2 fully saturated rings. The van der Waals surface area contributed by atoms with Crippen molar-refractivity contribution in [1.29, 1.82) is 0 Å². The molecule has 220 valence electrons. The minimum atomic E-state index is -0.742. The Balaban J connectivity index is 1.33. The zero-order valence-electron chi connectivity index (χ0n) is 25.1. The standard InChI is InChI=1S/C33H44N4O3S/c1-6-17-40-32(39)33(4,5)28-21-27-26(30(34-31(27)41-28)25-19-23(2)18-24(3)20-25)9-12-35-13-15-36(16-14-35)22-29(38)37-10-7-8-11-37/h6,18-21,34H,1,7-17,22H2,2-5H3. The molecule has 0 aliphatic carbocycles. The lowest BCUT2D eigenvalue weighted by Crippen LogP contribution is -2.50. The smallest absolute Gasteiger partial charge is 0.317 e. The van der Waals surface area contributed by atoms with E-state index >= 15 is 0 Å². The number of aromatic nitrogens is 1. The summed E-state index contributed by atoms with van der Waals surface area (Å²) in [6.07, 6.45) is 4.79. The third-order valence-corrected chi connectivity index (χ3v) is 9.90. The SMILES string of the molecule is C=CCOC(=O)C(C)(C)c1cc2c(CCN3CCN(CC(=O)N4CCCC4)CC3)c(-c3cc(C)cc(C)c3)[nH]c2s1. The zero-order chi connectivity index (χ0) is 29.1. The van der Waals surface area contributed by atoms with Crippen LogP contribution in [0.15, 0.2) is 36.9 Å². The van der Waals surface area contributed by atoms with Gasteiger partial charge in [0.15, 0.2) is 0 Å². The molecule has 0 saturated carbocycles. The first-order valence-electron chi connectivity index (χ1n) is 14.9. The predicted molar refractivity (Wildman–Crippen MR) is 168 cm³/mol. The first-order valence-corrected chi connectivity index (χ1v) is 15.7. The molecule has 2 saturated heterocycles. The van der Waals surface area contributed by atoms with Gasteiger partial charge in [0.05, 0.1) is 17.7 Å². The van der Waals surface area contributed by atoms with Gasteiger partial charge in [-0.1, -0.05) is 29.8 Å². The Hall–Kier alpha value is -2.94. The van der Waals surface area contributed by atoms with Gasteiger partial charge in [-0.05, 0) is 76.3 Å². The molecule has 0 bridgehead atoms. The molecule has 0 radical (unpaired) electrons. The van der Waals surface area contributed by atoms with Gasteiger partial charge in [0.25, 0.3) is 0 Å². The van der Waals surface area contributed by atoms with Gasteiger partial charge < -0.3 is 19.5 Å². The molecule has 0 spiro atoms. The van der Waals surface area contributed by atoms with Crippen molar-refractivity contribution in [2.75, 3.05) is 59.0 Å². The number of piperazine rings is 1. The van der Waals surface area contributed by atoms with Gasteiger partial charge in [-0.3, -0.25) is 14.5 Å². The number of rotatable bonds is 10. The molecule has 8 heteroatoms. The number of fused-ring (bicyclic) bond motifs is 1. The number of esters is 1. The number of aryl methyl sites for hydroxylation is 2. The Kier molecular flexibility index (Phi) is 9.02. The van der Waals surface area contributed by atoms with Gasteiger partial charge in [-0.15, -0.1) is 11.3 Å². The number of benzene rings is 1. The van der Waals surface area contributed by atoms with Gasteiger partial charge in [0, 0.05) is 56.1 Å². The number of nitrogens with zero attached hydrogens (tertiary/aromatic N) is 3. The lowest BCUT2D eigenvalue weighted by molar-refractivity contribution is -0.148. The van der Waals surface area contributed by atoms with Crippen LogP contribution in [0.25, 0.3) is 21.5 Å². The summed E-state index contributed by atoms with van der Waals surface area (Å²) in [4.78, 5) is 38.2. The number of hydrogen-bond acceptors (Lipinski definition) is 6. The maximum atomic E-state index is 12.9. The lowest BCUT2D eigenvalue weighted by atomic mass is 9.91. The summed E-state index contributed by atoms with van der Waals surface area (Å²) in [5, 5.41) is 1.19. The van der Waals surface area contributed by atoms with Crippen LogP contribution in [-0.2, 0) is 26.2 Å². The molecule has 1 N–H and O–H groups in total. The number of nitrogens with one attached hydrogen (secondary N) is 1. The number of aromatic amines is 1. The molecule has 5 rings (SSSR count). The fourth-order valence-corrected chi connectivity index (χ4v) is 7.26. The monoisotopic (exact) mass is 576 g/mol. The van der Waals surface area contributed by atoms with Crippen LogP contribution in [-0.4, -0.2) is 90.5 Å². The maximum absolute atomic E-state index is 12.9. The molecule has 7 nitrogen and oxygen atoms in total. The number of ether oxygens (including phenoxy) is 1. The Morgan fingerprint density at radius 3 is 2.32 bits per heavy atom. The number of carbonyl (C=O) groups excluding carboxylic acids is 2. The predicted octanol–water partition coefficient (Wildman–Crippen LogP) is 5.30. The first-order chi connectivity index (χ1) is 19.7. The fourth-order valence-electron chi connectivity index (χ4n) is 6.08. The number of amides is 1. The van der Waals surface area contributed by atoms with Crippen molar-refractivity contribution in [3.8, 4) is 11.3 Å². The maximum Gasteiger partial charge on any atom is 0.317 e. The molecule has 41 heavy (non-hydrogen) atoms. The quantitative estimate of drug-likeness (QED) is 0.262. The van der Waals surface area contributed by atoms with Crippen LogP contribution in [0.1, 0.15) is 48.3 Å². The molecular formula is C33H44N4O3S. The molecule has 2 aliphatic rings. The molecule has 1 aromatic carbocycles. The molecule has 0 atom stereocenters. The van der Waals surface area contributed by atoms with Crippen LogP contribution in [0.2, 0.25) is 0 Å². The van der Waals surface area contributed by atoms with Gasteiger partial charge in [0.2, 0.25) is 5.91 Å². The van der Waals surface area contributed by atoms with Crippen molar-refractivity contribution in [1.82, 2.24) is 19.7 Å². The number of H-pyrrole nitrogens is 1. The van der Waals surface area contributed by atoms with Crippen molar-refractivity contribution in [2.45, 2.75) is 52.4 Å². The average molecular weight is 577 g/mol. The highest BCUT2D eigenvalue weighted by molar-refractivity contribution is 7.19. The minimum Gasteiger partial charge on any atom is -0.461 e. The fraction of sp³-hybridized carbons (Fsp3) is 0.515. The van der Waals surface area contributed by atoms with E-state index in [9.17, 15) is 9.59 Å². The van der Waals surface area contributed by atoms with Crippen LogP contribution in [0.4, 0.5) is 0 Å². The van der Waals surface area contributed by atoms with E-state index in [0.29, 0.717) is 6.54 Å². The minimum absolute atomic E-state index is 0.216. The number of carbonyl (C=O) groups is 2. The van der Waals surface area contributed by atoms with Gasteiger partial charge >= 0.3 is 5.97 Å². The van der Waals surface area contributed by atoms with Crippen molar-refractivity contribution < 1.29 is 14.3 Å². The van der Waals surface area contributed by atoms with Crippen LogP contribution in [0.5, 0.6) is 0 Å². The molecule has 3 aromatic rings. The molecule has 4 heterocycles.